The minimum atomic E-state index is -1.07. The van der Waals surface area contributed by atoms with Crippen LogP contribution in [0.25, 0.3) is 0 Å². The molecule has 0 aromatic carbocycles. The van der Waals surface area contributed by atoms with Gasteiger partial charge < -0.3 is 0 Å². The Morgan fingerprint density at radius 2 is 0.842 bits per heavy atom. The molecule has 0 amide bonds. The van der Waals surface area contributed by atoms with E-state index in [1.807, 2.05) is 0 Å². The van der Waals surface area contributed by atoms with Crippen molar-refractivity contribution in [1.29, 1.82) is 0 Å². The Bertz CT molecular complexity index is 237. The van der Waals surface area contributed by atoms with Crippen molar-refractivity contribution in [2.45, 2.75) is 114 Å². The predicted molar refractivity (Wildman–Crippen MR) is 90.2 cm³/mol. The third kappa shape index (κ3) is 2.41. The van der Waals surface area contributed by atoms with E-state index >= 15 is 0 Å². The van der Waals surface area contributed by atoms with Gasteiger partial charge in [0.25, 0.3) is 0 Å². The Morgan fingerprint density at radius 1 is 0.579 bits per heavy atom. The topological polar surface area (TPSA) is 0 Å². The Balaban J connectivity index is 1.93. The molecule has 3 rings (SSSR count). The summed E-state index contributed by atoms with van der Waals surface area (Å²) in [5.74, 6) is 0. The van der Waals surface area contributed by atoms with E-state index in [0.717, 1.165) is 5.66 Å². The number of hydrogen-bond acceptors (Lipinski definition) is 0. The van der Waals surface area contributed by atoms with Crippen molar-refractivity contribution >= 4 is 7.26 Å². The number of hydrogen-bond donors (Lipinski definition) is 0. The van der Waals surface area contributed by atoms with Gasteiger partial charge in [0.1, 0.15) is 0 Å². The molecule has 0 unspecified atom stereocenters. The van der Waals surface area contributed by atoms with Crippen molar-refractivity contribution in [2.24, 2.45) is 0 Å². The van der Waals surface area contributed by atoms with Crippen molar-refractivity contribution in [3.63, 3.8) is 0 Å². The second-order valence-electron chi connectivity index (χ2n) is 8.10. The normalized spacial score (nSPS) is 28.8. The Kier molecular flexibility index (Phi) is 4.57. The van der Waals surface area contributed by atoms with Gasteiger partial charge in [0.05, 0.1) is 0 Å². The van der Waals surface area contributed by atoms with E-state index in [1.165, 1.54) is 17.0 Å². The van der Waals surface area contributed by atoms with Gasteiger partial charge in [0.15, 0.2) is 0 Å². The van der Waals surface area contributed by atoms with Crippen LogP contribution in [0.5, 0.6) is 0 Å². The molecule has 0 nitrogen and oxygen atoms in total. The quantitative estimate of drug-likeness (QED) is 0.557. The third-order valence-electron chi connectivity index (χ3n) is 7.19. The van der Waals surface area contributed by atoms with E-state index in [-0.39, 0.29) is 0 Å². The van der Waals surface area contributed by atoms with E-state index in [0.29, 0.717) is 0 Å². The van der Waals surface area contributed by atoms with Crippen molar-refractivity contribution in [2.75, 3.05) is 0 Å². The van der Waals surface area contributed by atoms with Crippen LogP contribution >= 0.6 is 7.26 Å². The first-order chi connectivity index (χ1) is 9.26. The van der Waals surface area contributed by atoms with Gasteiger partial charge in [-0.2, -0.15) is 0 Å². The molecule has 19 heavy (non-hydrogen) atoms. The van der Waals surface area contributed by atoms with Gasteiger partial charge in [0, 0.05) is 0 Å². The first-order valence-corrected chi connectivity index (χ1v) is 11.6. The summed E-state index contributed by atoms with van der Waals surface area (Å²) in [6.07, 6.45) is 19.1. The average Bonchev–Trinajstić information content (AvgIpc) is 3.15. The summed E-state index contributed by atoms with van der Waals surface area (Å²) in [6, 6.07) is 0. The van der Waals surface area contributed by atoms with E-state index in [9.17, 15) is 0 Å². The summed E-state index contributed by atoms with van der Waals surface area (Å²) in [6.45, 7) is 5.28. The first-order valence-electron chi connectivity index (χ1n) is 9.26. The van der Waals surface area contributed by atoms with Gasteiger partial charge in [-0.15, -0.1) is 0 Å². The van der Waals surface area contributed by atoms with Gasteiger partial charge in [-0.1, -0.05) is 0 Å². The zero-order valence-electron chi connectivity index (χ0n) is 13.3. The van der Waals surface area contributed by atoms with Crippen LogP contribution in [0, 0.1) is 0 Å². The fraction of sp³-hybridized carbons (Fsp3) is 1.00. The maximum atomic E-state index is 2.64. The molecule has 0 atom stereocenters. The fourth-order valence-electron chi connectivity index (χ4n) is 6.69. The van der Waals surface area contributed by atoms with Gasteiger partial charge >= 0.3 is 121 Å². The van der Waals surface area contributed by atoms with Gasteiger partial charge in [0.2, 0.25) is 0 Å². The zero-order valence-corrected chi connectivity index (χ0v) is 14.3. The third-order valence-corrected chi connectivity index (χ3v) is 15.2. The van der Waals surface area contributed by atoms with Crippen molar-refractivity contribution in [1.82, 2.24) is 0 Å². The predicted octanol–water partition coefficient (Wildman–Crippen LogP) is 5.97. The van der Waals surface area contributed by atoms with E-state index < -0.39 is 7.26 Å². The van der Waals surface area contributed by atoms with Crippen LogP contribution in [-0.4, -0.2) is 22.6 Å². The molecule has 3 saturated carbocycles. The van der Waals surface area contributed by atoms with Crippen LogP contribution in [-0.2, 0) is 0 Å². The van der Waals surface area contributed by atoms with Crippen LogP contribution in [0.4, 0.5) is 0 Å². The van der Waals surface area contributed by atoms with Crippen molar-refractivity contribution in [3.05, 3.63) is 0 Å². The molecule has 0 aromatic heterocycles. The molecule has 3 aliphatic carbocycles. The minimum absolute atomic E-state index is 1.06. The van der Waals surface area contributed by atoms with Crippen LogP contribution in [0.2, 0.25) is 0 Å². The molecule has 0 heterocycles. The zero-order chi connectivity index (χ0) is 13.3. The molecule has 0 saturated heterocycles. The molecule has 0 aliphatic heterocycles. The van der Waals surface area contributed by atoms with Gasteiger partial charge in [-0.05, 0) is 0 Å². The van der Waals surface area contributed by atoms with Crippen LogP contribution in [0.15, 0.2) is 0 Å². The molecule has 0 N–H and O–H groups in total. The summed E-state index contributed by atoms with van der Waals surface area (Å²) < 4.78 is 0. The second kappa shape index (κ2) is 6.05. The summed E-state index contributed by atoms with van der Waals surface area (Å²) in [5.41, 5.74) is 4.72. The fourth-order valence-corrected chi connectivity index (χ4v) is 15.7. The van der Waals surface area contributed by atoms with Crippen molar-refractivity contribution in [3.8, 4) is 0 Å². The van der Waals surface area contributed by atoms with Crippen LogP contribution in [0.3, 0.4) is 0 Å². The molecule has 0 bridgehead atoms. The van der Waals surface area contributed by atoms with Gasteiger partial charge in [-0.3, -0.25) is 0 Å². The summed E-state index contributed by atoms with van der Waals surface area (Å²) >= 11 is 0. The first kappa shape index (κ1) is 14.4. The monoisotopic (exact) mass is 282 g/mol. The molecule has 3 aliphatic rings. The molecular formula is C18H35P. The number of rotatable bonds is 4. The Morgan fingerprint density at radius 3 is 1.05 bits per heavy atom. The molecule has 0 spiro atoms. The standard InChI is InChI=1S/C18H35P/c1-15(2)19(16-9-3-4-10-16,17-11-5-6-12-17)18-13-7-8-14-18/h15-19H,3-14H2,1-2H3. The molecule has 1 heteroatoms. The second-order valence-corrected chi connectivity index (χ2v) is 13.7. The average molecular weight is 282 g/mol. The van der Waals surface area contributed by atoms with Crippen LogP contribution in [0.1, 0.15) is 90.9 Å². The van der Waals surface area contributed by atoms with E-state index in [4.69, 9.17) is 0 Å². The SMILES string of the molecule is CC(C)[PH](C1CCCC1)(C1CCCC1)C1CCCC1. The van der Waals surface area contributed by atoms with E-state index in [1.54, 1.807) is 77.0 Å². The van der Waals surface area contributed by atoms with Crippen molar-refractivity contribution < 1.29 is 0 Å². The maximum absolute atomic E-state index is 2.64. The summed E-state index contributed by atoms with van der Waals surface area (Å²) in [4.78, 5) is 0. The molecule has 3 fully saturated rings. The Labute approximate surface area is 121 Å². The molecule has 112 valence electrons. The van der Waals surface area contributed by atoms with Crippen LogP contribution < -0.4 is 0 Å². The summed E-state index contributed by atoms with van der Waals surface area (Å²) in [5, 5.41) is 0. The van der Waals surface area contributed by atoms with Gasteiger partial charge in [-0.25, -0.2) is 0 Å². The Hall–Kier alpha value is 0.430. The molecular weight excluding hydrogens is 247 g/mol. The molecule has 0 aromatic rings. The summed E-state index contributed by atoms with van der Waals surface area (Å²) in [7, 11) is -1.07. The van der Waals surface area contributed by atoms with E-state index in [2.05, 4.69) is 13.8 Å². The molecule has 0 radical (unpaired) electrons.